The molecule has 0 aliphatic rings. The Morgan fingerprint density at radius 1 is 0.200 bits per heavy atom. The summed E-state index contributed by atoms with van der Waals surface area (Å²) in [6.07, 6.45) is -25.2. The van der Waals surface area contributed by atoms with Gasteiger partial charge in [-0.05, 0) is 0 Å². The zero-order valence-electron chi connectivity index (χ0n) is 16.7. The maximum Gasteiger partial charge on any atom is 0.460 e. The van der Waals surface area contributed by atoms with E-state index < -0.39 is 79.0 Å². The molecular formula is C12HF27P+. The molecule has 40 heavy (non-hydrogen) atoms. The Labute approximate surface area is 199 Å². The van der Waals surface area contributed by atoms with Gasteiger partial charge in [0.2, 0.25) is 7.92 Å². The second-order valence-corrected chi connectivity index (χ2v) is 9.67. The minimum atomic E-state index is -10.4. The summed E-state index contributed by atoms with van der Waals surface area (Å²) in [6, 6.07) is 0. The Bertz CT molecular complexity index is 792. The molecule has 0 aromatic rings. The molecule has 0 heterocycles. The van der Waals surface area contributed by atoms with Crippen molar-refractivity contribution >= 4 is 7.92 Å². The van der Waals surface area contributed by atoms with Crippen molar-refractivity contribution in [3.8, 4) is 0 Å². The molecule has 0 aromatic heterocycles. The van der Waals surface area contributed by atoms with Crippen molar-refractivity contribution in [2.45, 2.75) is 71.1 Å². The van der Waals surface area contributed by atoms with Crippen molar-refractivity contribution in [1.82, 2.24) is 0 Å². The first-order chi connectivity index (χ1) is 16.6. The lowest BCUT2D eigenvalue weighted by molar-refractivity contribution is -0.397. The van der Waals surface area contributed by atoms with Crippen LogP contribution in [0.3, 0.4) is 0 Å². The Morgan fingerprint density at radius 2 is 0.325 bits per heavy atom. The lowest BCUT2D eigenvalue weighted by Crippen LogP contribution is -2.69. The van der Waals surface area contributed by atoms with Gasteiger partial charge < -0.3 is 0 Å². The van der Waals surface area contributed by atoms with Gasteiger partial charge in [-0.1, -0.05) is 0 Å². The smallest absolute Gasteiger partial charge is 0.189 e. The number of hydrogen-bond donors (Lipinski definition) is 0. The van der Waals surface area contributed by atoms with E-state index in [9.17, 15) is 119 Å². The van der Waals surface area contributed by atoms with Gasteiger partial charge in [0.15, 0.2) is 0 Å². The highest BCUT2D eigenvalue weighted by molar-refractivity contribution is 7.61. The van der Waals surface area contributed by atoms with Gasteiger partial charge in [-0.25, -0.2) is 0 Å². The number of hydrogen-bond acceptors (Lipinski definition) is 0. The first kappa shape index (κ1) is 38.5. The molecule has 0 saturated heterocycles. The second kappa shape index (κ2) is 9.27. The van der Waals surface area contributed by atoms with E-state index in [0.717, 1.165) is 0 Å². The van der Waals surface area contributed by atoms with Gasteiger partial charge in [0.1, 0.15) is 0 Å². The molecule has 0 N–H and O–H groups in total. The van der Waals surface area contributed by atoms with Gasteiger partial charge in [0.25, 0.3) is 0 Å². The van der Waals surface area contributed by atoms with Crippen LogP contribution in [0.2, 0.25) is 0 Å². The summed E-state index contributed by atoms with van der Waals surface area (Å²) < 4.78 is 351. The molecular weight excluding hydrogens is 688 g/mol. The van der Waals surface area contributed by atoms with E-state index in [0.29, 0.717) is 0 Å². The fraction of sp³-hybridized carbons (Fsp3) is 1.00. The van der Waals surface area contributed by atoms with Crippen molar-refractivity contribution in [2.75, 3.05) is 0 Å². The second-order valence-electron chi connectivity index (χ2n) is 7.04. The Morgan fingerprint density at radius 3 is 0.425 bits per heavy atom. The normalized spacial score (nSPS) is 17.1. The largest absolute Gasteiger partial charge is 0.460 e. The molecule has 0 fully saturated rings. The minimum absolute atomic E-state index is 8.39. The molecule has 28 heteroatoms. The van der Waals surface area contributed by atoms with Crippen LogP contribution < -0.4 is 0 Å². The average Bonchev–Trinajstić information content (AvgIpc) is 2.63. The SMILES string of the molecule is FC(F)(F)C(F)(F)C(F)(F)C(F)(F)[PH+](C(F)(F)C(F)(F)C(F)(F)C(F)(F)F)C(F)(F)C(F)(F)C(F)(F)C(F)(F)F. The standard InChI is InChI=1S/C12F27P/c13-1(14,7(25,26)27)4(19,20)10(34,35)40(11(36,37)5(21,22)2(15,16)8(28,29)30)12(38,39)6(23,24)3(17,18)9(31,32)33/p+1. The van der Waals surface area contributed by atoms with Crippen molar-refractivity contribution < 1.29 is 119 Å². The van der Waals surface area contributed by atoms with Gasteiger partial charge in [-0.2, -0.15) is 119 Å². The molecule has 0 spiro atoms. The van der Waals surface area contributed by atoms with Crippen LogP contribution in [0.15, 0.2) is 0 Å². The molecule has 0 aliphatic heterocycles. The molecule has 0 amide bonds. The van der Waals surface area contributed by atoms with E-state index in [1.165, 1.54) is 0 Å². The number of rotatable bonds is 9. The molecule has 0 atom stereocenters. The highest BCUT2D eigenvalue weighted by Crippen LogP contribution is 2.83. The van der Waals surface area contributed by atoms with E-state index >= 15 is 0 Å². The predicted octanol–water partition coefficient (Wildman–Crippen LogP) is 9.48. The summed E-state index contributed by atoms with van der Waals surface area (Å²) in [5.74, 6) is -54.9. The summed E-state index contributed by atoms with van der Waals surface area (Å²) in [4.78, 5) is 0. The maximum atomic E-state index is 13.9. The lowest BCUT2D eigenvalue weighted by Gasteiger charge is -2.42. The first-order valence-corrected chi connectivity index (χ1v) is 9.60. The Hall–Kier alpha value is -1.46. The fourth-order valence-corrected chi connectivity index (χ4v) is 4.78. The fourth-order valence-electron chi connectivity index (χ4n) is 2.19. The maximum absolute atomic E-state index is 13.9. The van der Waals surface area contributed by atoms with Gasteiger partial charge in [-0.3, -0.25) is 0 Å². The quantitative estimate of drug-likeness (QED) is 0.167. The van der Waals surface area contributed by atoms with Crippen molar-refractivity contribution in [3.05, 3.63) is 0 Å². The highest BCUT2D eigenvalue weighted by atomic mass is 31.1. The van der Waals surface area contributed by atoms with Crippen molar-refractivity contribution in [2.24, 2.45) is 0 Å². The van der Waals surface area contributed by atoms with Crippen LogP contribution in [0, 0.1) is 0 Å². The van der Waals surface area contributed by atoms with Crippen molar-refractivity contribution in [1.29, 1.82) is 0 Å². The topological polar surface area (TPSA) is 0 Å². The molecule has 0 aromatic carbocycles. The van der Waals surface area contributed by atoms with E-state index in [1.807, 2.05) is 0 Å². The molecule has 0 radical (unpaired) electrons. The summed E-state index contributed by atoms with van der Waals surface area (Å²) in [5, 5.41) is 0. The molecule has 0 aliphatic carbocycles. The van der Waals surface area contributed by atoms with Gasteiger partial charge in [-0.15, -0.1) is 0 Å². The summed E-state index contributed by atoms with van der Waals surface area (Å²) in [6.45, 7) is 0. The third-order valence-electron chi connectivity index (χ3n) is 4.38. The number of halogens is 27. The molecule has 0 nitrogen and oxygen atoms in total. The molecule has 0 rings (SSSR count). The van der Waals surface area contributed by atoms with E-state index in [-0.39, 0.29) is 0 Å². The van der Waals surface area contributed by atoms with Crippen LogP contribution in [0.5, 0.6) is 0 Å². The lowest BCUT2D eigenvalue weighted by atomic mass is 10.1. The van der Waals surface area contributed by atoms with Gasteiger partial charge >= 0.3 is 71.1 Å². The van der Waals surface area contributed by atoms with E-state index in [1.54, 1.807) is 0 Å². The number of alkyl halides is 27. The Balaban J connectivity index is 8.21. The monoisotopic (exact) mass is 689 g/mol. The molecule has 242 valence electrons. The average molecular weight is 689 g/mol. The van der Waals surface area contributed by atoms with Crippen LogP contribution in [-0.2, 0) is 0 Å². The zero-order valence-corrected chi connectivity index (χ0v) is 17.7. The van der Waals surface area contributed by atoms with Crippen LogP contribution >= 0.6 is 7.92 Å². The van der Waals surface area contributed by atoms with Crippen LogP contribution in [0.4, 0.5) is 119 Å². The van der Waals surface area contributed by atoms with Crippen LogP contribution in [0.25, 0.3) is 0 Å². The molecule has 0 unspecified atom stereocenters. The molecule has 0 saturated carbocycles. The summed E-state index contributed by atoms with van der Waals surface area (Å²) >= 11 is 0. The summed E-state index contributed by atoms with van der Waals surface area (Å²) in [7, 11) is -10.4. The zero-order chi connectivity index (χ0) is 33.6. The van der Waals surface area contributed by atoms with Gasteiger partial charge in [0, 0.05) is 0 Å². The predicted molar refractivity (Wildman–Crippen MR) is 71.0 cm³/mol. The van der Waals surface area contributed by atoms with E-state index in [4.69, 9.17) is 0 Å². The van der Waals surface area contributed by atoms with Crippen LogP contribution in [0.1, 0.15) is 0 Å². The molecule has 0 bridgehead atoms. The third-order valence-corrected chi connectivity index (χ3v) is 7.20. The van der Waals surface area contributed by atoms with E-state index in [2.05, 4.69) is 0 Å². The Kier molecular flexibility index (Phi) is 8.93. The third kappa shape index (κ3) is 4.85. The summed E-state index contributed by atoms with van der Waals surface area (Å²) in [5.41, 5.74) is -28.6. The minimum Gasteiger partial charge on any atom is -0.189 e. The van der Waals surface area contributed by atoms with Crippen LogP contribution in [-0.4, -0.2) is 71.1 Å². The first-order valence-electron chi connectivity index (χ1n) is 8.10. The van der Waals surface area contributed by atoms with Crippen molar-refractivity contribution in [3.63, 3.8) is 0 Å². The highest BCUT2D eigenvalue weighted by Gasteiger charge is 3.02. The van der Waals surface area contributed by atoms with Gasteiger partial charge in [0.05, 0.1) is 0 Å².